The molecule has 0 saturated heterocycles. The van der Waals surface area contributed by atoms with Gasteiger partial charge in [0.05, 0.1) is 11.8 Å². The van der Waals surface area contributed by atoms with Crippen LogP contribution in [0.4, 0.5) is 0 Å². The minimum atomic E-state index is -0.576. The van der Waals surface area contributed by atoms with Crippen LogP contribution < -0.4 is 0 Å². The zero-order valence-electron chi connectivity index (χ0n) is 17.0. The Labute approximate surface area is 168 Å². The highest BCUT2D eigenvalue weighted by molar-refractivity contribution is 5.70. The maximum atomic E-state index is 11.6. The average molecular weight is 389 g/mol. The molecule has 4 heteroatoms. The lowest BCUT2D eigenvalue weighted by molar-refractivity contribution is -0.147. The van der Waals surface area contributed by atoms with E-state index in [4.69, 9.17) is 0 Å². The fourth-order valence-electron chi connectivity index (χ4n) is 8.96. The van der Waals surface area contributed by atoms with E-state index in [-0.39, 0.29) is 11.8 Å². The van der Waals surface area contributed by atoms with Crippen LogP contribution in [0.15, 0.2) is 0 Å². The SMILES string of the molecule is O=C(O)C1CCC2C(CCC3C2CCC2C4CC(C(=O)O)CCC4CCC23)C1. The van der Waals surface area contributed by atoms with Gasteiger partial charge >= 0.3 is 11.9 Å². The summed E-state index contributed by atoms with van der Waals surface area (Å²) in [6, 6.07) is 0. The van der Waals surface area contributed by atoms with Crippen LogP contribution in [-0.4, -0.2) is 22.2 Å². The lowest BCUT2D eigenvalue weighted by Gasteiger charge is -2.58. The summed E-state index contributed by atoms with van der Waals surface area (Å²) >= 11 is 0. The zero-order valence-corrected chi connectivity index (χ0v) is 17.0. The molecule has 5 fully saturated rings. The highest BCUT2D eigenvalue weighted by atomic mass is 16.4. The van der Waals surface area contributed by atoms with Gasteiger partial charge in [0, 0.05) is 0 Å². The number of hydrogen-bond acceptors (Lipinski definition) is 2. The predicted molar refractivity (Wildman–Crippen MR) is 106 cm³/mol. The highest BCUT2D eigenvalue weighted by Gasteiger charge is 2.53. The van der Waals surface area contributed by atoms with Crippen LogP contribution >= 0.6 is 0 Å². The number of carbonyl (C=O) groups is 2. The summed E-state index contributed by atoms with van der Waals surface area (Å²) < 4.78 is 0. The van der Waals surface area contributed by atoms with Crippen LogP contribution in [0.2, 0.25) is 0 Å². The van der Waals surface area contributed by atoms with Crippen molar-refractivity contribution >= 4 is 11.9 Å². The van der Waals surface area contributed by atoms with Crippen LogP contribution in [0.1, 0.15) is 77.0 Å². The summed E-state index contributed by atoms with van der Waals surface area (Å²) in [5.74, 6) is 4.79. The van der Waals surface area contributed by atoms with Crippen LogP contribution in [-0.2, 0) is 9.59 Å². The Morgan fingerprint density at radius 1 is 0.464 bits per heavy atom. The molecule has 0 aliphatic heterocycles. The second kappa shape index (κ2) is 7.32. The summed E-state index contributed by atoms with van der Waals surface area (Å²) in [4.78, 5) is 23.1. The standard InChI is InChI=1S/C24H36O4/c25-23(26)15-5-6-17-14(11-15)4-8-19-18(17)9-10-21-20(19)7-3-13-1-2-16(24(27)28)12-22(13)21/h13-22H,1-12H2,(H,25,26)(H,27,28). The number of fused-ring (bicyclic) bond motifs is 7. The van der Waals surface area contributed by atoms with Crippen molar-refractivity contribution in [3.63, 3.8) is 0 Å². The van der Waals surface area contributed by atoms with Crippen LogP contribution in [0.25, 0.3) is 0 Å². The van der Waals surface area contributed by atoms with E-state index in [0.29, 0.717) is 11.8 Å². The summed E-state index contributed by atoms with van der Waals surface area (Å²) in [5, 5.41) is 19.0. The Morgan fingerprint density at radius 3 is 1.57 bits per heavy atom. The number of rotatable bonds is 2. The van der Waals surface area contributed by atoms with E-state index in [9.17, 15) is 19.8 Å². The van der Waals surface area contributed by atoms with Crippen molar-refractivity contribution < 1.29 is 19.8 Å². The Balaban J connectivity index is 1.30. The first-order chi connectivity index (χ1) is 13.5. The molecule has 0 heterocycles. The van der Waals surface area contributed by atoms with Crippen molar-refractivity contribution in [2.75, 3.05) is 0 Å². The molecule has 28 heavy (non-hydrogen) atoms. The molecular weight excluding hydrogens is 352 g/mol. The van der Waals surface area contributed by atoms with Crippen LogP contribution in [0, 0.1) is 59.2 Å². The minimum Gasteiger partial charge on any atom is -0.481 e. The molecular formula is C24H36O4. The summed E-state index contributed by atoms with van der Waals surface area (Å²) in [6.45, 7) is 0. The summed E-state index contributed by atoms with van der Waals surface area (Å²) in [6.07, 6.45) is 13.8. The second-order valence-electron chi connectivity index (χ2n) is 10.9. The third-order valence-electron chi connectivity index (χ3n) is 10.1. The first-order valence-corrected chi connectivity index (χ1v) is 12.0. The maximum Gasteiger partial charge on any atom is 0.306 e. The van der Waals surface area contributed by atoms with Gasteiger partial charge in [-0.1, -0.05) is 0 Å². The van der Waals surface area contributed by atoms with E-state index < -0.39 is 11.9 Å². The molecule has 5 aliphatic rings. The van der Waals surface area contributed by atoms with Crippen molar-refractivity contribution in [2.24, 2.45) is 59.2 Å². The van der Waals surface area contributed by atoms with Crippen LogP contribution in [0.3, 0.4) is 0 Å². The van der Waals surface area contributed by atoms with E-state index in [2.05, 4.69) is 0 Å². The lowest BCUT2D eigenvalue weighted by Crippen LogP contribution is -2.50. The third kappa shape index (κ3) is 3.10. The Kier molecular flexibility index (Phi) is 4.95. The van der Waals surface area contributed by atoms with Gasteiger partial charge in [0.25, 0.3) is 0 Å². The smallest absolute Gasteiger partial charge is 0.306 e. The molecule has 0 radical (unpaired) electrons. The second-order valence-corrected chi connectivity index (χ2v) is 10.9. The molecule has 10 unspecified atom stereocenters. The number of aliphatic carboxylic acids is 2. The highest BCUT2D eigenvalue weighted by Crippen LogP contribution is 2.61. The Bertz CT molecular complexity index is 630. The molecule has 0 amide bonds. The van der Waals surface area contributed by atoms with E-state index in [0.717, 1.165) is 74.0 Å². The van der Waals surface area contributed by atoms with Gasteiger partial charge in [-0.05, 0) is 124 Å². The fraction of sp³-hybridized carbons (Fsp3) is 0.917. The third-order valence-corrected chi connectivity index (χ3v) is 10.1. The molecule has 156 valence electrons. The number of hydrogen-bond donors (Lipinski definition) is 2. The Hall–Kier alpha value is -1.06. The van der Waals surface area contributed by atoms with Crippen molar-refractivity contribution in [2.45, 2.75) is 77.0 Å². The van der Waals surface area contributed by atoms with Crippen molar-refractivity contribution in [1.29, 1.82) is 0 Å². The fourth-order valence-corrected chi connectivity index (χ4v) is 8.96. The van der Waals surface area contributed by atoms with Gasteiger partial charge in [0.1, 0.15) is 0 Å². The molecule has 5 aliphatic carbocycles. The maximum absolute atomic E-state index is 11.6. The van der Waals surface area contributed by atoms with Gasteiger partial charge < -0.3 is 10.2 Å². The zero-order chi connectivity index (χ0) is 19.4. The monoisotopic (exact) mass is 388 g/mol. The summed E-state index contributed by atoms with van der Waals surface area (Å²) in [7, 11) is 0. The van der Waals surface area contributed by atoms with E-state index >= 15 is 0 Å². The molecule has 2 N–H and O–H groups in total. The quantitative estimate of drug-likeness (QED) is 0.693. The Morgan fingerprint density at radius 2 is 0.893 bits per heavy atom. The molecule has 0 spiro atoms. The van der Waals surface area contributed by atoms with Gasteiger partial charge in [-0.2, -0.15) is 0 Å². The van der Waals surface area contributed by atoms with Gasteiger partial charge in [-0.15, -0.1) is 0 Å². The molecule has 0 aromatic heterocycles. The number of carboxylic acids is 2. The average Bonchev–Trinajstić information content (AvgIpc) is 2.71. The van der Waals surface area contributed by atoms with E-state index in [1.54, 1.807) is 0 Å². The first kappa shape index (κ1) is 18.9. The largest absolute Gasteiger partial charge is 0.481 e. The van der Waals surface area contributed by atoms with Gasteiger partial charge in [0.15, 0.2) is 0 Å². The number of carboxylic acid groups (broad SMARTS) is 2. The van der Waals surface area contributed by atoms with Crippen molar-refractivity contribution in [1.82, 2.24) is 0 Å². The van der Waals surface area contributed by atoms with E-state index in [1.165, 1.54) is 38.5 Å². The van der Waals surface area contributed by atoms with E-state index in [1.807, 2.05) is 0 Å². The van der Waals surface area contributed by atoms with Crippen LogP contribution in [0.5, 0.6) is 0 Å². The molecule has 4 nitrogen and oxygen atoms in total. The first-order valence-electron chi connectivity index (χ1n) is 12.0. The summed E-state index contributed by atoms with van der Waals surface area (Å²) in [5.41, 5.74) is 0. The topological polar surface area (TPSA) is 74.6 Å². The van der Waals surface area contributed by atoms with Crippen molar-refractivity contribution in [3.8, 4) is 0 Å². The molecule has 10 atom stereocenters. The molecule has 5 rings (SSSR count). The van der Waals surface area contributed by atoms with Gasteiger partial charge in [-0.3, -0.25) is 9.59 Å². The molecule has 0 bridgehead atoms. The molecule has 0 aromatic carbocycles. The predicted octanol–water partition coefficient (Wildman–Crippen LogP) is 5.07. The lowest BCUT2D eigenvalue weighted by atomic mass is 9.47. The normalized spacial score (nSPS) is 50.4. The van der Waals surface area contributed by atoms with Gasteiger partial charge in [-0.25, -0.2) is 0 Å². The minimum absolute atomic E-state index is 0.0974. The molecule has 0 aromatic rings. The van der Waals surface area contributed by atoms with Crippen molar-refractivity contribution in [3.05, 3.63) is 0 Å². The van der Waals surface area contributed by atoms with Gasteiger partial charge in [0.2, 0.25) is 0 Å². The molecule has 5 saturated carbocycles.